The molecule has 0 saturated heterocycles. The largest absolute Gasteiger partial charge is 0.431 e. The first-order valence-electron chi connectivity index (χ1n) is 6.62. The van der Waals surface area contributed by atoms with E-state index in [9.17, 15) is 0 Å². The second kappa shape index (κ2) is 6.49. The lowest BCUT2D eigenvalue weighted by molar-refractivity contribution is 0.489. The number of benzene rings is 2. The molecule has 21 heavy (non-hydrogen) atoms. The first kappa shape index (κ1) is 13.7. The normalized spacial score (nSPS) is 10.3. The molecule has 3 aromatic rings. The van der Waals surface area contributed by atoms with Crippen molar-refractivity contribution < 1.29 is 4.42 Å². The fourth-order valence-corrected chi connectivity index (χ4v) is 2.81. The number of rotatable bonds is 3. The summed E-state index contributed by atoms with van der Waals surface area (Å²) in [6.07, 6.45) is 0. The maximum Gasteiger partial charge on any atom is 0.257 e. The van der Waals surface area contributed by atoms with Gasteiger partial charge >= 0.3 is 0 Å². The number of hydrogen-bond donors (Lipinski definition) is 1. The zero-order valence-corrected chi connectivity index (χ0v) is 12.2. The third-order valence-electron chi connectivity index (χ3n) is 2.97. The minimum absolute atomic E-state index is 0.368. The summed E-state index contributed by atoms with van der Waals surface area (Å²) in [7, 11) is 0. The summed E-state index contributed by atoms with van der Waals surface area (Å²) in [6, 6.07) is 15.8. The van der Waals surface area contributed by atoms with Gasteiger partial charge in [-0.2, -0.15) is 0 Å². The Morgan fingerprint density at radius 2 is 1.90 bits per heavy atom. The Hall–Kier alpha value is -2.22. The highest BCUT2D eigenvalue weighted by molar-refractivity contribution is 7.98. The predicted octanol–water partition coefficient (Wildman–Crippen LogP) is 3.43. The van der Waals surface area contributed by atoms with Crippen LogP contribution in [0.3, 0.4) is 0 Å². The lowest BCUT2D eigenvalue weighted by Gasteiger charge is -2.01. The van der Waals surface area contributed by atoms with E-state index in [1.807, 2.05) is 42.5 Å². The Kier molecular flexibility index (Phi) is 4.25. The molecule has 4 heteroatoms. The van der Waals surface area contributed by atoms with E-state index in [0.717, 1.165) is 28.0 Å². The molecule has 0 radical (unpaired) electrons. The van der Waals surface area contributed by atoms with Gasteiger partial charge in [-0.1, -0.05) is 53.9 Å². The molecule has 0 aliphatic carbocycles. The fraction of sp³-hybridized carbons (Fsp3) is 0.118. The summed E-state index contributed by atoms with van der Waals surface area (Å²) < 4.78 is 5.71. The number of aromatic nitrogens is 1. The lowest BCUT2D eigenvalue weighted by Crippen LogP contribution is -1.94. The average Bonchev–Trinajstić information content (AvgIpc) is 2.94. The summed E-state index contributed by atoms with van der Waals surface area (Å²) >= 11 is 1.57. The summed E-state index contributed by atoms with van der Waals surface area (Å²) in [5.74, 6) is 6.76. The van der Waals surface area contributed by atoms with E-state index in [1.165, 1.54) is 0 Å². The second-order valence-corrected chi connectivity index (χ2v) is 5.33. The summed E-state index contributed by atoms with van der Waals surface area (Å²) in [4.78, 5) is 4.46. The van der Waals surface area contributed by atoms with E-state index >= 15 is 0 Å². The van der Waals surface area contributed by atoms with Crippen LogP contribution in [0.25, 0.3) is 11.1 Å². The highest BCUT2D eigenvalue weighted by Crippen LogP contribution is 2.26. The van der Waals surface area contributed by atoms with Crippen molar-refractivity contribution in [2.24, 2.45) is 5.73 Å². The van der Waals surface area contributed by atoms with Crippen molar-refractivity contribution in [1.29, 1.82) is 0 Å². The van der Waals surface area contributed by atoms with Gasteiger partial charge in [0.25, 0.3) is 5.22 Å². The van der Waals surface area contributed by atoms with Crippen molar-refractivity contribution >= 4 is 22.9 Å². The van der Waals surface area contributed by atoms with Gasteiger partial charge in [0.1, 0.15) is 5.52 Å². The highest BCUT2D eigenvalue weighted by Gasteiger charge is 2.07. The quantitative estimate of drug-likeness (QED) is 0.594. The second-order valence-electron chi connectivity index (χ2n) is 4.40. The monoisotopic (exact) mass is 294 g/mol. The van der Waals surface area contributed by atoms with Crippen molar-refractivity contribution in [2.45, 2.75) is 11.0 Å². The average molecular weight is 294 g/mol. The van der Waals surface area contributed by atoms with E-state index in [0.29, 0.717) is 11.8 Å². The molecular formula is C17H14N2OS. The number of nitrogens with zero attached hydrogens (tertiary/aromatic N) is 1. The number of nitrogens with two attached hydrogens (primary N) is 1. The Labute approximate surface area is 127 Å². The molecule has 3 nitrogen and oxygen atoms in total. The van der Waals surface area contributed by atoms with Crippen molar-refractivity contribution in [2.75, 3.05) is 6.54 Å². The van der Waals surface area contributed by atoms with Gasteiger partial charge in [-0.05, 0) is 23.8 Å². The zero-order valence-electron chi connectivity index (χ0n) is 11.4. The molecule has 3 rings (SSSR count). The van der Waals surface area contributed by atoms with Gasteiger partial charge in [0, 0.05) is 11.3 Å². The number of hydrogen-bond acceptors (Lipinski definition) is 4. The van der Waals surface area contributed by atoms with Gasteiger partial charge in [-0.25, -0.2) is 4.98 Å². The van der Waals surface area contributed by atoms with Crippen LogP contribution in [-0.2, 0) is 5.75 Å². The Morgan fingerprint density at radius 3 is 2.76 bits per heavy atom. The molecule has 0 atom stereocenters. The van der Waals surface area contributed by atoms with Crippen LogP contribution in [0.4, 0.5) is 0 Å². The topological polar surface area (TPSA) is 52.0 Å². The summed E-state index contributed by atoms with van der Waals surface area (Å²) in [5, 5.41) is 0.679. The Bertz CT molecular complexity index is 781. The molecule has 104 valence electrons. The van der Waals surface area contributed by atoms with Crippen LogP contribution < -0.4 is 5.73 Å². The lowest BCUT2D eigenvalue weighted by atomic mass is 10.1. The third kappa shape index (κ3) is 3.27. The van der Waals surface area contributed by atoms with Crippen molar-refractivity contribution in [3.05, 3.63) is 59.7 Å². The molecule has 0 bridgehead atoms. The van der Waals surface area contributed by atoms with E-state index in [4.69, 9.17) is 10.2 Å². The van der Waals surface area contributed by atoms with E-state index < -0.39 is 0 Å². The Balaban J connectivity index is 1.78. The molecule has 0 spiro atoms. The van der Waals surface area contributed by atoms with E-state index in [-0.39, 0.29) is 0 Å². The van der Waals surface area contributed by atoms with Crippen molar-refractivity contribution in [1.82, 2.24) is 4.98 Å². The van der Waals surface area contributed by atoms with E-state index in [1.54, 1.807) is 11.8 Å². The fourth-order valence-electron chi connectivity index (χ4n) is 1.97. The molecule has 0 aliphatic heterocycles. The summed E-state index contributed by atoms with van der Waals surface area (Å²) in [6.45, 7) is 0.368. The van der Waals surface area contributed by atoms with Crippen LogP contribution in [0.1, 0.15) is 11.1 Å². The van der Waals surface area contributed by atoms with Crippen LogP contribution in [0.2, 0.25) is 0 Å². The van der Waals surface area contributed by atoms with E-state index in [2.05, 4.69) is 22.9 Å². The molecule has 2 N–H and O–H groups in total. The highest BCUT2D eigenvalue weighted by atomic mass is 32.2. The van der Waals surface area contributed by atoms with Crippen LogP contribution in [-0.4, -0.2) is 11.5 Å². The molecule has 0 unspecified atom stereocenters. The first-order valence-corrected chi connectivity index (χ1v) is 7.60. The van der Waals surface area contributed by atoms with Crippen LogP contribution >= 0.6 is 11.8 Å². The number of para-hydroxylation sites is 2. The minimum Gasteiger partial charge on any atom is -0.431 e. The van der Waals surface area contributed by atoms with Crippen LogP contribution in [0.5, 0.6) is 0 Å². The van der Waals surface area contributed by atoms with Gasteiger partial charge in [-0.15, -0.1) is 0 Å². The molecule has 0 amide bonds. The Morgan fingerprint density at radius 1 is 1.10 bits per heavy atom. The van der Waals surface area contributed by atoms with Crippen molar-refractivity contribution in [3.63, 3.8) is 0 Å². The molecule has 0 fully saturated rings. The van der Waals surface area contributed by atoms with Gasteiger partial charge in [0.05, 0.1) is 6.54 Å². The number of thioether (sulfide) groups is 1. The smallest absolute Gasteiger partial charge is 0.257 e. The molecule has 2 aromatic carbocycles. The van der Waals surface area contributed by atoms with Gasteiger partial charge in [0.15, 0.2) is 5.58 Å². The maximum atomic E-state index is 5.71. The molecule has 1 heterocycles. The molecule has 0 aliphatic rings. The standard InChI is InChI=1S/C17H14N2OS/c18-11-5-8-13-6-1-2-7-14(13)12-21-17-19-15-9-3-4-10-16(15)20-17/h1-4,6-7,9-10H,11-12,18H2. The maximum absolute atomic E-state index is 5.71. The first-order chi connectivity index (χ1) is 10.4. The third-order valence-corrected chi connectivity index (χ3v) is 3.84. The van der Waals surface area contributed by atoms with Gasteiger partial charge < -0.3 is 10.2 Å². The SMILES string of the molecule is NCC#Cc1ccccc1CSc1nc2ccccc2o1. The van der Waals surface area contributed by atoms with Gasteiger partial charge in [-0.3, -0.25) is 0 Å². The minimum atomic E-state index is 0.368. The van der Waals surface area contributed by atoms with Crippen molar-refractivity contribution in [3.8, 4) is 11.8 Å². The predicted molar refractivity (Wildman–Crippen MR) is 85.9 cm³/mol. The zero-order chi connectivity index (χ0) is 14.5. The molecular weight excluding hydrogens is 280 g/mol. The van der Waals surface area contributed by atoms with Gasteiger partial charge in [0.2, 0.25) is 0 Å². The number of fused-ring (bicyclic) bond motifs is 1. The summed E-state index contributed by atoms with van der Waals surface area (Å²) in [5.41, 5.74) is 9.30. The molecule has 1 aromatic heterocycles. The van der Waals surface area contributed by atoms with Crippen LogP contribution in [0, 0.1) is 11.8 Å². The van der Waals surface area contributed by atoms with Crippen LogP contribution in [0.15, 0.2) is 58.2 Å². The number of oxazole rings is 1. The molecule has 0 saturated carbocycles.